The SMILES string of the molecule is CC.CC(=O)CCCC(C)=O.CC(=O)CCCC(C)=O. The third kappa shape index (κ3) is 36.0. The van der Waals surface area contributed by atoms with E-state index in [0.717, 1.165) is 0 Å². The number of carbonyl (C=O) groups is 4. The number of carbonyl (C=O) groups excluding carboxylic acids is 4. The molecule has 0 fully saturated rings. The molecular weight excluding hydrogens is 256 g/mol. The Morgan fingerprint density at radius 1 is 0.500 bits per heavy atom. The maximum atomic E-state index is 10.3. The van der Waals surface area contributed by atoms with Crippen molar-refractivity contribution in [2.24, 2.45) is 0 Å². The molecule has 0 radical (unpaired) electrons. The molecule has 0 N–H and O–H groups in total. The van der Waals surface area contributed by atoms with Crippen LogP contribution >= 0.6 is 0 Å². The van der Waals surface area contributed by atoms with Crippen LogP contribution in [0.3, 0.4) is 0 Å². The normalized spacial score (nSPS) is 8.50. The van der Waals surface area contributed by atoms with E-state index in [-0.39, 0.29) is 23.1 Å². The summed E-state index contributed by atoms with van der Waals surface area (Å²) in [6.07, 6.45) is 3.59. The molecule has 0 aromatic carbocycles. The first kappa shape index (κ1) is 23.7. The summed E-state index contributed by atoms with van der Waals surface area (Å²) in [7, 11) is 0. The van der Waals surface area contributed by atoms with Crippen LogP contribution in [0.25, 0.3) is 0 Å². The van der Waals surface area contributed by atoms with Crippen LogP contribution in [0.2, 0.25) is 0 Å². The fourth-order valence-corrected chi connectivity index (χ4v) is 1.17. The van der Waals surface area contributed by atoms with E-state index < -0.39 is 0 Å². The van der Waals surface area contributed by atoms with Gasteiger partial charge in [0.15, 0.2) is 0 Å². The highest BCUT2D eigenvalue weighted by Gasteiger charge is 1.96. The molecule has 0 aliphatic carbocycles. The molecule has 4 heteroatoms. The average Bonchev–Trinajstić information content (AvgIpc) is 2.30. The van der Waals surface area contributed by atoms with Crippen molar-refractivity contribution in [2.45, 2.75) is 80.1 Å². The van der Waals surface area contributed by atoms with E-state index in [1.54, 1.807) is 27.7 Å². The average molecular weight is 286 g/mol. The van der Waals surface area contributed by atoms with E-state index in [1.807, 2.05) is 13.8 Å². The van der Waals surface area contributed by atoms with Gasteiger partial charge in [0.05, 0.1) is 0 Å². The van der Waals surface area contributed by atoms with Crippen LogP contribution in [0, 0.1) is 0 Å². The Bertz CT molecular complexity index is 235. The summed E-state index contributed by atoms with van der Waals surface area (Å²) in [6, 6.07) is 0. The topological polar surface area (TPSA) is 68.3 Å². The predicted octanol–water partition coefficient (Wildman–Crippen LogP) is 3.70. The molecule has 0 heterocycles. The molecule has 0 aromatic rings. The van der Waals surface area contributed by atoms with Gasteiger partial charge in [-0.3, -0.25) is 0 Å². The predicted molar refractivity (Wildman–Crippen MR) is 81.8 cm³/mol. The highest BCUT2D eigenvalue weighted by molar-refractivity contribution is 5.78. The molecule has 0 atom stereocenters. The van der Waals surface area contributed by atoms with Gasteiger partial charge in [0.1, 0.15) is 23.1 Å². The van der Waals surface area contributed by atoms with E-state index in [2.05, 4.69) is 0 Å². The van der Waals surface area contributed by atoms with Crippen molar-refractivity contribution in [1.82, 2.24) is 0 Å². The number of rotatable bonds is 8. The van der Waals surface area contributed by atoms with E-state index in [9.17, 15) is 19.2 Å². The first-order valence-corrected chi connectivity index (χ1v) is 7.23. The van der Waals surface area contributed by atoms with Crippen LogP contribution in [0.15, 0.2) is 0 Å². The molecule has 0 amide bonds. The maximum Gasteiger partial charge on any atom is 0.129 e. The molecule has 0 aliphatic rings. The van der Waals surface area contributed by atoms with Gasteiger partial charge < -0.3 is 19.2 Å². The minimum absolute atomic E-state index is 0.163. The van der Waals surface area contributed by atoms with E-state index >= 15 is 0 Å². The largest absolute Gasteiger partial charge is 0.300 e. The summed E-state index contributed by atoms with van der Waals surface area (Å²) >= 11 is 0. The zero-order chi connectivity index (χ0) is 16.6. The van der Waals surface area contributed by atoms with Crippen LogP contribution in [-0.4, -0.2) is 23.1 Å². The second kappa shape index (κ2) is 17.7. The molecule has 4 nitrogen and oxygen atoms in total. The van der Waals surface area contributed by atoms with Crippen molar-refractivity contribution < 1.29 is 19.2 Å². The smallest absolute Gasteiger partial charge is 0.129 e. The van der Waals surface area contributed by atoms with Gasteiger partial charge in [0, 0.05) is 25.7 Å². The lowest BCUT2D eigenvalue weighted by Crippen LogP contribution is -1.93. The van der Waals surface area contributed by atoms with Crippen LogP contribution < -0.4 is 0 Å². The van der Waals surface area contributed by atoms with Crippen molar-refractivity contribution >= 4 is 23.1 Å². The third-order valence-corrected chi connectivity index (χ3v) is 2.12. The van der Waals surface area contributed by atoms with Crippen LogP contribution in [-0.2, 0) is 19.2 Å². The van der Waals surface area contributed by atoms with Crippen molar-refractivity contribution in [3.63, 3.8) is 0 Å². The zero-order valence-corrected chi connectivity index (χ0v) is 13.9. The molecule has 0 rings (SSSR count). The number of Topliss-reactive ketones (excluding diaryl/α,β-unsaturated/α-hetero) is 4. The van der Waals surface area contributed by atoms with Crippen LogP contribution in [0.1, 0.15) is 80.1 Å². The second-order valence-corrected chi connectivity index (χ2v) is 4.52. The van der Waals surface area contributed by atoms with Crippen LogP contribution in [0.5, 0.6) is 0 Å². The molecule has 0 aliphatic heterocycles. The van der Waals surface area contributed by atoms with Gasteiger partial charge in [0.25, 0.3) is 0 Å². The van der Waals surface area contributed by atoms with Gasteiger partial charge in [0.2, 0.25) is 0 Å². The molecule has 0 spiro atoms. The summed E-state index contributed by atoms with van der Waals surface area (Å²) in [5.41, 5.74) is 0. The molecule has 118 valence electrons. The van der Waals surface area contributed by atoms with Gasteiger partial charge >= 0.3 is 0 Å². The first-order valence-electron chi connectivity index (χ1n) is 7.23. The second-order valence-electron chi connectivity index (χ2n) is 4.52. The Labute approximate surface area is 123 Å². The number of hydrogen-bond acceptors (Lipinski definition) is 4. The van der Waals surface area contributed by atoms with E-state index in [4.69, 9.17) is 0 Å². The summed E-state index contributed by atoms with van der Waals surface area (Å²) in [5, 5.41) is 0. The Kier molecular flexibility index (Phi) is 21.0. The van der Waals surface area contributed by atoms with Crippen molar-refractivity contribution in [3.8, 4) is 0 Å². The van der Waals surface area contributed by atoms with Gasteiger partial charge in [-0.25, -0.2) is 0 Å². The quantitative estimate of drug-likeness (QED) is 0.682. The number of hydrogen-bond donors (Lipinski definition) is 0. The van der Waals surface area contributed by atoms with Crippen molar-refractivity contribution in [1.29, 1.82) is 0 Å². The monoisotopic (exact) mass is 286 g/mol. The Hall–Kier alpha value is -1.32. The molecule has 0 unspecified atom stereocenters. The van der Waals surface area contributed by atoms with Gasteiger partial charge in [-0.15, -0.1) is 0 Å². The van der Waals surface area contributed by atoms with E-state index in [0.29, 0.717) is 38.5 Å². The summed E-state index contributed by atoms with van der Waals surface area (Å²) in [4.78, 5) is 41.3. The van der Waals surface area contributed by atoms with Crippen LogP contribution in [0.4, 0.5) is 0 Å². The molecule has 0 aromatic heterocycles. The summed E-state index contributed by atoms with van der Waals surface area (Å²) < 4.78 is 0. The lowest BCUT2D eigenvalue weighted by molar-refractivity contribution is -0.119. The standard InChI is InChI=1S/2C7H12O2.C2H6/c2*1-6(8)4-3-5-7(2)9;1-2/h2*3-5H2,1-2H3;1-2H3. The summed E-state index contributed by atoms with van der Waals surface area (Å²) in [5.74, 6) is 0.653. The maximum absolute atomic E-state index is 10.3. The number of ketones is 4. The minimum atomic E-state index is 0.163. The fourth-order valence-electron chi connectivity index (χ4n) is 1.17. The van der Waals surface area contributed by atoms with Gasteiger partial charge in [-0.05, 0) is 40.5 Å². The summed E-state index contributed by atoms with van der Waals surface area (Å²) in [6.45, 7) is 10.2. The zero-order valence-electron chi connectivity index (χ0n) is 13.9. The highest BCUT2D eigenvalue weighted by Crippen LogP contribution is 1.96. The molecular formula is C16H30O4. The minimum Gasteiger partial charge on any atom is -0.300 e. The van der Waals surface area contributed by atoms with Crippen molar-refractivity contribution in [2.75, 3.05) is 0 Å². The highest BCUT2D eigenvalue weighted by atomic mass is 16.1. The lowest BCUT2D eigenvalue weighted by Gasteiger charge is -1.90. The van der Waals surface area contributed by atoms with Gasteiger partial charge in [-0.2, -0.15) is 0 Å². The Morgan fingerprint density at radius 3 is 0.750 bits per heavy atom. The molecule has 0 saturated heterocycles. The Balaban J connectivity index is -0.000000257. The van der Waals surface area contributed by atoms with E-state index in [1.165, 1.54) is 0 Å². The molecule has 0 bridgehead atoms. The first-order chi connectivity index (χ1) is 9.25. The molecule has 0 saturated carbocycles. The Morgan fingerprint density at radius 2 is 0.650 bits per heavy atom. The molecule has 20 heavy (non-hydrogen) atoms. The third-order valence-electron chi connectivity index (χ3n) is 2.12. The lowest BCUT2D eigenvalue weighted by atomic mass is 10.1. The van der Waals surface area contributed by atoms with Gasteiger partial charge in [-0.1, -0.05) is 13.8 Å². The fraction of sp³-hybridized carbons (Fsp3) is 0.750. The van der Waals surface area contributed by atoms with Crippen molar-refractivity contribution in [3.05, 3.63) is 0 Å².